The molecule has 1 aromatic heterocycles. The Morgan fingerprint density at radius 1 is 1.30 bits per heavy atom. The highest BCUT2D eigenvalue weighted by atomic mass is 32.2. The van der Waals surface area contributed by atoms with Crippen LogP contribution in [0.15, 0.2) is 46.7 Å². The number of carbonyl (C=O) groups is 1. The molecule has 1 N–H and O–H groups in total. The lowest BCUT2D eigenvalue weighted by Gasteiger charge is -2.32. The quantitative estimate of drug-likeness (QED) is 0.782. The molecule has 27 heavy (non-hydrogen) atoms. The van der Waals surface area contributed by atoms with Gasteiger partial charge in [0.2, 0.25) is 10.0 Å². The molecule has 0 spiro atoms. The summed E-state index contributed by atoms with van der Waals surface area (Å²) in [5.41, 5.74) is 0.371. The van der Waals surface area contributed by atoms with Crippen LogP contribution in [0, 0.1) is 0 Å². The van der Waals surface area contributed by atoms with E-state index >= 15 is 0 Å². The number of carbonyl (C=O) groups excluding carboxylic acids is 1. The van der Waals surface area contributed by atoms with Crippen molar-refractivity contribution in [3.63, 3.8) is 0 Å². The number of hydrogen-bond acceptors (Lipinski definition) is 4. The van der Waals surface area contributed by atoms with Crippen molar-refractivity contribution in [3.8, 4) is 0 Å². The summed E-state index contributed by atoms with van der Waals surface area (Å²) >= 11 is 1.60. The van der Waals surface area contributed by atoms with Crippen LogP contribution in [0.3, 0.4) is 0 Å². The summed E-state index contributed by atoms with van der Waals surface area (Å²) in [7, 11) is -3.59. The van der Waals surface area contributed by atoms with Crippen molar-refractivity contribution in [1.82, 2.24) is 9.62 Å². The molecule has 1 aromatic carbocycles. The van der Waals surface area contributed by atoms with E-state index in [0.717, 1.165) is 30.6 Å². The molecule has 3 rings (SSSR count). The minimum Gasteiger partial charge on any atom is -0.344 e. The first-order chi connectivity index (χ1) is 12.9. The molecule has 0 aliphatic carbocycles. The van der Waals surface area contributed by atoms with Crippen molar-refractivity contribution >= 4 is 27.3 Å². The summed E-state index contributed by atoms with van der Waals surface area (Å²) in [6.07, 6.45) is 3.58. The molecule has 2 heterocycles. The summed E-state index contributed by atoms with van der Waals surface area (Å²) in [6, 6.07) is 10.2. The fourth-order valence-electron chi connectivity index (χ4n) is 3.47. The summed E-state index contributed by atoms with van der Waals surface area (Å²) in [5.74, 6) is -0.251. The summed E-state index contributed by atoms with van der Waals surface area (Å²) < 4.78 is 27.6. The number of piperidine rings is 1. The Kier molecular flexibility index (Phi) is 6.34. The Bertz CT molecular complexity index is 878. The fraction of sp³-hybridized carbons (Fsp3) is 0.450. The molecule has 2 atom stereocenters. The molecular formula is C20H26N2O3S2. The second-order valence-corrected chi connectivity index (χ2v) is 9.81. The first kappa shape index (κ1) is 20.0. The molecule has 1 fully saturated rings. The van der Waals surface area contributed by atoms with Gasteiger partial charge in [-0.2, -0.15) is 4.31 Å². The second kappa shape index (κ2) is 8.54. The average molecular weight is 407 g/mol. The van der Waals surface area contributed by atoms with Crippen molar-refractivity contribution in [3.05, 3.63) is 52.2 Å². The van der Waals surface area contributed by atoms with Gasteiger partial charge in [-0.3, -0.25) is 4.79 Å². The van der Waals surface area contributed by atoms with Gasteiger partial charge in [0.25, 0.3) is 5.91 Å². The third kappa shape index (κ3) is 4.42. The molecule has 7 heteroatoms. The largest absolute Gasteiger partial charge is 0.344 e. The van der Waals surface area contributed by atoms with Crippen molar-refractivity contribution in [2.45, 2.75) is 56.5 Å². The van der Waals surface area contributed by atoms with E-state index in [9.17, 15) is 13.2 Å². The molecule has 1 amide bonds. The third-order valence-corrected chi connectivity index (χ3v) is 8.04. The minimum absolute atomic E-state index is 0.00969. The van der Waals surface area contributed by atoms with Crippen LogP contribution in [0.25, 0.3) is 0 Å². The lowest BCUT2D eigenvalue weighted by atomic mass is 10.1. The zero-order valence-corrected chi connectivity index (χ0v) is 17.4. The minimum atomic E-state index is -3.59. The standard InChI is InChI=1S/C20H26N2O3S2/c1-3-18(19-11-7-13-26-19)21-20(23)16-9-6-10-17(14-16)27(24,25)22-12-5-4-8-15(22)2/h6-7,9-11,13-15,18H,3-5,8,12H2,1-2H3,(H,21,23). The Balaban J connectivity index is 1.81. The number of benzene rings is 1. The van der Waals surface area contributed by atoms with E-state index in [1.54, 1.807) is 33.8 Å². The van der Waals surface area contributed by atoms with Crippen molar-refractivity contribution in [2.75, 3.05) is 6.54 Å². The summed E-state index contributed by atoms with van der Waals surface area (Å²) in [4.78, 5) is 14.0. The van der Waals surface area contributed by atoms with Gasteiger partial charge in [-0.25, -0.2) is 8.42 Å². The molecule has 0 radical (unpaired) electrons. The zero-order valence-electron chi connectivity index (χ0n) is 15.7. The van der Waals surface area contributed by atoms with E-state index in [0.29, 0.717) is 12.1 Å². The molecule has 146 valence electrons. The van der Waals surface area contributed by atoms with Gasteiger partial charge in [0.1, 0.15) is 0 Å². The van der Waals surface area contributed by atoms with Crippen LogP contribution in [-0.2, 0) is 10.0 Å². The lowest BCUT2D eigenvalue weighted by molar-refractivity contribution is 0.0936. The highest BCUT2D eigenvalue weighted by Crippen LogP contribution is 2.26. The first-order valence-electron chi connectivity index (χ1n) is 9.39. The van der Waals surface area contributed by atoms with Crippen molar-refractivity contribution in [1.29, 1.82) is 0 Å². The monoisotopic (exact) mass is 406 g/mol. The molecule has 0 bridgehead atoms. The van der Waals surface area contributed by atoms with Gasteiger partial charge < -0.3 is 5.32 Å². The Labute approximate surface area is 165 Å². The predicted octanol–water partition coefficient (Wildman–Crippen LogP) is 4.19. The van der Waals surface area contributed by atoms with Crippen LogP contribution in [0.5, 0.6) is 0 Å². The number of hydrogen-bond donors (Lipinski definition) is 1. The second-order valence-electron chi connectivity index (χ2n) is 6.94. The molecular weight excluding hydrogens is 380 g/mol. The van der Waals surface area contributed by atoms with Gasteiger partial charge in [-0.15, -0.1) is 11.3 Å². The summed E-state index contributed by atoms with van der Waals surface area (Å²) in [5, 5.41) is 5.00. The Hall–Kier alpha value is -1.70. The van der Waals surface area contributed by atoms with E-state index in [4.69, 9.17) is 0 Å². The van der Waals surface area contributed by atoms with Crippen molar-refractivity contribution in [2.24, 2.45) is 0 Å². The molecule has 5 nitrogen and oxygen atoms in total. The van der Waals surface area contributed by atoms with Crippen LogP contribution in [0.2, 0.25) is 0 Å². The number of amides is 1. The van der Waals surface area contributed by atoms with Crippen LogP contribution in [0.4, 0.5) is 0 Å². The topological polar surface area (TPSA) is 66.5 Å². The Morgan fingerprint density at radius 2 is 2.11 bits per heavy atom. The number of rotatable bonds is 6. The fourth-order valence-corrected chi connectivity index (χ4v) is 6.07. The maximum absolute atomic E-state index is 13.0. The van der Waals surface area contributed by atoms with Crippen molar-refractivity contribution < 1.29 is 13.2 Å². The van der Waals surface area contributed by atoms with E-state index in [-0.39, 0.29) is 22.9 Å². The molecule has 1 aliphatic heterocycles. The van der Waals surface area contributed by atoms with Crippen LogP contribution in [0.1, 0.15) is 60.8 Å². The Morgan fingerprint density at radius 3 is 2.78 bits per heavy atom. The SMILES string of the molecule is CCC(NC(=O)c1cccc(S(=O)(=O)N2CCCCC2C)c1)c1cccs1. The zero-order chi connectivity index (χ0) is 19.4. The highest BCUT2D eigenvalue weighted by Gasteiger charge is 2.31. The number of nitrogens with zero attached hydrogens (tertiary/aromatic N) is 1. The van der Waals surface area contributed by atoms with E-state index in [1.165, 1.54) is 6.07 Å². The maximum Gasteiger partial charge on any atom is 0.251 e. The van der Waals surface area contributed by atoms with Crippen LogP contribution in [-0.4, -0.2) is 31.2 Å². The van der Waals surface area contributed by atoms with Gasteiger partial charge in [-0.1, -0.05) is 25.5 Å². The number of thiophene rings is 1. The average Bonchev–Trinajstić information content (AvgIpc) is 3.20. The third-order valence-electron chi connectivity index (χ3n) is 5.05. The van der Waals surface area contributed by atoms with Crippen LogP contribution < -0.4 is 5.32 Å². The van der Waals surface area contributed by atoms with Crippen LogP contribution >= 0.6 is 11.3 Å². The van der Waals surface area contributed by atoms with Gasteiger partial charge in [0.15, 0.2) is 0 Å². The van der Waals surface area contributed by atoms with E-state index in [2.05, 4.69) is 5.32 Å². The van der Waals surface area contributed by atoms with Gasteiger partial charge in [0.05, 0.1) is 10.9 Å². The predicted molar refractivity (Wildman–Crippen MR) is 108 cm³/mol. The van der Waals surface area contributed by atoms with Gasteiger partial charge in [0, 0.05) is 23.0 Å². The maximum atomic E-state index is 13.0. The van der Waals surface area contributed by atoms with Gasteiger partial charge >= 0.3 is 0 Å². The van der Waals surface area contributed by atoms with E-state index < -0.39 is 10.0 Å². The molecule has 2 unspecified atom stereocenters. The molecule has 0 saturated carbocycles. The van der Waals surface area contributed by atoms with Gasteiger partial charge in [-0.05, 0) is 55.8 Å². The summed E-state index contributed by atoms with van der Waals surface area (Å²) in [6.45, 7) is 4.50. The highest BCUT2D eigenvalue weighted by molar-refractivity contribution is 7.89. The number of sulfonamides is 1. The number of nitrogens with one attached hydrogen (secondary N) is 1. The normalized spacial score (nSPS) is 19.6. The van der Waals surface area contributed by atoms with E-state index in [1.807, 2.05) is 31.4 Å². The lowest BCUT2D eigenvalue weighted by Crippen LogP contribution is -2.42. The first-order valence-corrected chi connectivity index (χ1v) is 11.7. The molecule has 2 aromatic rings. The molecule has 1 saturated heterocycles. The molecule has 1 aliphatic rings. The smallest absolute Gasteiger partial charge is 0.251 e.